The summed E-state index contributed by atoms with van der Waals surface area (Å²) in [6.07, 6.45) is 6.13. The Hall–Kier alpha value is -4.24. The number of nitrogens with one attached hydrogen (secondary N) is 2. The molecule has 9 nitrogen and oxygen atoms in total. The third-order valence-electron chi connectivity index (χ3n) is 5.66. The molecule has 0 spiro atoms. The predicted molar refractivity (Wildman–Crippen MR) is 132 cm³/mol. The van der Waals surface area contributed by atoms with E-state index in [1.165, 1.54) is 0 Å². The number of carbonyl (C=O) groups excluding carboxylic acids is 2. The van der Waals surface area contributed by atoms with Crippen LogP contribution in [0.25, 0.3) is 10.8 Å². The summed E-state index contributed by atoms with van der Waals surface area (Å²) in [5.74, 6) is -0.908. The molecule has 35 heavy (non-hydrogen) atoms. The summed E-state index contributed by atoms with van der Waals surface area (Å²) < 4.78 is 1.65. The fourth-order valence-electron chi connectivity index (χ4n) is 3.90. The summed E-state index contributed by atoms with van der Waals surface area (Å²) >= 11 is 6.18. The average Bonchev–Trinajstić information content (AvgIpc) is 3.52. The van der Waals surface area contributed by atoms with Crippen molar-refractivity contribution in [1.82, 2.24) is 20.1 Å². The van der Waals surface area contributed by atoms with Gasteiger partial charge in [0.1, 0.15) is 6.04 Å². The fourth-order valence-corrected chi connectivity index (χ4v) is 4.10. The molecule has 3 heterocycles. The van der Waals surface area contributed by atoms with Gasteiger partial charge >= 0.3 is 0 Å². The van der Waals surface area contributed by atoms with Gasteiger partial charge in [-0.2, -0.15) is 5.10 Å². The molecule has 2 atom stereocenters. The van der Waals surface area contributed by atoms with E-state index in [2.05, 4.69) is 25.9 Å². The Morgan fingerprint density at radius 3 is 2.80 bits per heavy atom. The lowest BCUT2D eigenvalue weighted by molar-refractivity contribution is -0.134. The van der Waals surface area contributed by atoms with Gasteiger partial charge in [-0.1, -0.05) is 53.2 Å². The van der Waals surface area contributed by atoms with Crippen LogP contribution in [0.3, 0.4) is 0 Å². The van der Waals surface area contributed by atoms with Gasteiger partial charge in [-0.15, -0.1) is 0 Å². The van der Waals surface area contributed by atoms with E-state index < -0.39 is 24.0 Å². The average molecular weight is 489 g/mol. The molecule has 2 unspecified atom stereocenters. The maximum Gasteiger partial charge on any atom is 0.265 e. The first kappa shape index (κ1) is 22.5. The zero-order chi connectivity index (χ0) is 24.4. The standard InChI is InChI=1S/C25H21ClN6O3/c1-32-14-17(12-28-32)20-10-22(35-31-20)24(33)30-23(15-6-4-7-18(26)9-15)25(34)29-21-13-27-11-16-5-2-3-8-19(16)21/h2-9,11-14,22-23H,10H2,1H3,(H,29,34)(H,30,33). The number of benzene rings is 2. The second-order valence-electron chi connectivity index (χ2n) is 8.13. The predicted octanol–water partition coefficient (Wildman–Crippen LogP) is 3.61. The van der Waals surface area contributed by atoms with E-state index in [-0.39, 0.29) is 6.42 Å². The highest BCUT2D eigenvalue weighted by Gasteiger charge is 2.33. The number of aromatic nitrogens is 3. The minimum absolute atomic E-state index is 0.259. The first-order chi connectivity index (χ1) is 17.0. The van der Waals surface area contributed by atoms with Crippen LogP contribution in [0.1, 0.15) is 23.6 Å². The highest BCUT2D eigenvalue weighted by molar-refractivity contribution is 6.30. The first-order valence-corrected chi connectivity index (χ1v) is 11.3. The SMILES string of the molecule is Cn1cc(C2=NOC(C(=O)NC(C(=O)Nc3cncc4ccccc34)c3cccc(Cl)c3)C2)cn1. The zero-order valence-corrected chi connectivity index (χ0v) is 19.4. The number of hydrogen-bond donors (Lipinski definition) is 2. The van der Waals surface area contributed by atoms with Gasteiger partial charge in [-0.3, -0.25) is 19.3 Å². The van der Waals surface area contributed by atoms with E-state index in [1.807, 2.05) is 24.3 Å². The number of amides is 2. The van der Waals surface area contributed by atoms with Gasteiger partial charge in [0.2, 0.25) is 6.10 Å². The number of hydrogen-bond acceptors (Lipinski definition) is 6. The number of halogens is 1. The minimum atomic E-state index is -1.02. The van der Waals surface area contributed by atoms with Crippen LogP contribution in [0.4, 0.5) is 5.69 Å². The number of anilines is 1. The van der Waals surface area contributed by atoms with Gasteiger partial charge in [0.25, 0.3) is 11.8 Å². The van der Waals surface area contributed by atoms with E-state index in [1.54, 1.807) is 60.8 Å². The summed E-state index contributed by atoms with van der Waals surface area (Å²) in [5.41, 5.74) is 2.45. The molecule has 0 aliphatic carbocycles. The van der Waals surface area contributed by atoms with E-state index in [0.717, 1.165) is 16.3 Å². The van der Waals surface area contributed by atoms with Gasteiger partial charge in [0.15, 0.2) is 0 Å². The van der Waals surface area contributed by atoms with Crippen LogP contribution in [0, 0.1) is 0 Å². The van der Waals surface area contributed by atoms with Crippen LogP contribution in [-0.4, -0.2) is 38.4 Å². The monoisotopic (exact) mass is 488 g/mol. The Bertz CT molecular complexity index is 1440. The van der Waals surface area contributed by atoms with Gasteiger partial charge in [-0.05, 0) is 17.7 Å². The molecule has 0 saturated carbocycles. The second kappa shape index (κ2) is 9.55. The van der Waals surface area contributed by atoms with Gasteiger partial charge in [-0.25, -0.2) is 0 Å². The molecule has 176 valence electrons. The Kier molecular flexibility index (Phi) is 6.15. The highest BCUT2D eigenvalue weighted by atomic mass is 35.5. The lowest BCUT2D eigenvalue weighted by Gasteiger charge is -2.21. The normalized spacial score (nSPS) is 15.8. The fraction of sp³-hybridized carbons (Fsp3) is 0.160. The number of rotatable bonds is 6. The van der Waals surface area contributed by atoms with Crippen molar-refractivity contribution in [3.05, 3.63) is 89.5 Å². The van der Waals surface area contributed by atoms with E-state index in [0.29, 0.717) is 22.0 Å². The number of pyridine rings is 1. The molecule has 1 aliphatic heterocycles. The zero-order valence-electron chi connectivity index (χ0n) is 18.7. The molecule has 0 radical (unpaired) electrons. The number of oxime groups is 1. The van der Waals surface area contributed by atoms with Crippen molar-refractivity contribution in [2.45, 2.75) is 18.6 Å². The van der Waals surface area contributed by atoms with Crippen LogP contribution < -0.4 is 10.6 Å². The molecule has 2 aromatic heterocycles. The Balaban J connectivity index is 1.37. The molecule has 4 aromatic rings. The Morgan fingerprint density at radius 2 is 2.00 bits per heavy atom. The van der Waals surface area contributed by atoms with Crippen LogP contribution in [-0.2, 0) is 21.5 Å². The first-order valence-electron chi connectivity index (χ1n) is 10.9. The number of carbonyl (C=O) groups is 2. The topological polar surface area (TPSA) is 110 Å². The number of nitrogens with zero attached hydrogens (tertiary/aromatic N) is 4. The largest absolute Gasteiger partial charge is 0.382 e. The van der Waals surface area contributed by atoms with Crippen LogP contribution in [0.2, 0.25) is 5.02 Å². The summed E-state index contributed by atoms with van der Waals surface area (Å²) in [6, 6.07) is 13.3. The van der Waals surface area contributed by atoms with Gasteiger partial charge in [0.05, 0.1) is 23.8 Å². The molecular weight excluding hydrogens is 468 g/mol. The second-order valence-corrected chi connectivity index (χ2v) is 8.57. The third-order valence-corrected chi connectivity index (χ3v) is 5.89. The summed E-state index contributed by atoms with van der Waals surface area (Å²) in [7, 11) is 1.80. The van der Waals surface area contributed by atoms with Crippen molar-refractivity contribution in [2.24, 2.45) is 12.2 Å². The molecule has 10 heteroatoms. The van der Waals surface area contributed by atoms with Crippen LogP contribution >= 0.6 is 11.6 Å². The lowest BCUT2D eigenvalue weighted by atomic mass is 10.0. The smallest absolute Gasteiger partial charge is 0.265 e. The molecule has 2 N–H and O–H groups in total. The van der Waals surface area contributed by atoms with Crippen LogP contribution in [0.15, 0.2) is 78.5 Å². The molecule has 2 aromatic carbocycles. The van der Waals surface area contributed by atoms with Gasteiger partial charge < -0.3 is 15.5 Å². The van der Waals surface area contributed by atoms with Crippen LogP contribution in [0.5, 0.6) is 0 Å². The summed E-state index contributed by atoms with van der Waals surface area (Å²) in [4.78, 5) is 36.1. The van der Waals surface area contributed by atoms with E-state index >= 15 is 0 Å². The molecule has 0 saturated heterocycles. The molecule has 1 aliphatic rings. The Morgan fingerprint density at radius 1 is 1.14 bits per heavy atom. The summed E-state index contributed by atoms with van der Waals surface area (Å²) in [5, 5.41) is 16.0. The quantitative estimate of drug-likeness (QED) is 0.430. The number of fused-ring (bicyclic) bond motifs is 1. The maximum absolute atomic E-state index is 13.4. The van der Waals surface area contributed by atoms with E-state index in [4.69, 9.17) is 16.4 Å². The van der Waals surface area contributed by atoms with Crippen molar-refractivity contribution in [1.29, 1.82) is 0 Å². The lowest BCUT2D eigenvalue weighted by Crippen LogP contribution is -2.42. The molecule has 5 rings (SSSR count). The third kappa shape index (κ3) is 4.85. The molecule has 2 amide bonds. The van der Waals surface area contributed by atoms with Crippen molar-refractivity contribution >= 4 is 45.6 Å². The van der Waals surface area contributed by atoms with Crippen molar-refractivity contribution in [3.8, 4) is 0 Å². The molecule has 0 fully saturated rings. The minimum Gasteiger partial charge on any atom is -0.382 e. The highest BCUT2D eigenvalue weighted by Crippen LogP contribution is 2.25. The Labute approximate surface area is 205 Å². The summed E-state index contributed by atoms with van der Waals surface area (Å²) in [6.45, 7) is 0. The number of aryl methyl sites for hydroxylation is 1. The van der Waals surface area contributed by atoms with E-state index in [9.17, 15) is 9.59 Å². The van der Waals surface area contributed by atoms with Crippen molar-refractivity contribution in [3.63, 3.8) is 0 Å². The van der Waals surface area contributed by atoms with Crippen molar-refractivity contribution < 1.29 is 14.4 Å². The van der Waals surface area contributed by atoms with Gasteiger partial charge in [0, 0.05) is 47.2 Å². The molecular formula is C25H21ClN6O3. The maximum atomic E-state index is 13.4. The van der Waals surface area contributed by atoms with Crippen molar-refractivity contribution in [2.75, 3.05) is 5.32 Å². The molecule has 0 bridgehead atoms.